The summed E-state index contributed by atoms with van der Waals surface area (Å²) in [6.07, 6.45) is 0.147. The van der Waals surface area contributed by atoms with E-state index in [9.17, 15) is 14.4 Å². The first kappa shape index (κ1) is 19.2. The smallest absolute Gasteiger partial charge is 0.257 e. The second kappa shape index (κ2) is 8.33. The number of hydrogen-bond acceptors (Lipinski definition) is 4. The summed E-state index contributed by atoms with van der Waals surface area (Å²) in [5, 5.41) is 2.76. The molecule has 7 nitrogen and oxygen atoms in total. The highest BCUT2D eigenvalue weighted by Crippen LogP contribution is 2.23. The molecule has 0 aliphatic heterocycles. The number of pyridine rings is 1. The lowest BCUT2D eigenvalue weighted by Crippen LogP contribution is -2.24. The lowest BCUT2D eigenvalue weighted by molar-refractivity contribution is -0.116. The number of hydrogen-bond donors (Lipinski definition) is 1. The Morgan fingerprint density at radius 3 is 2.54 bits per heavy atom. The third kappa shape index (κ3) is 4.50. The minimum absolute atomic E-state index is 0.138. The molecule has 0 aliphatic rings. The van der Waals surface area contributed by atoms with Crippen LogP contribution in [0.5, 0.6) is 5.75 Å². The SMILES string of the molecule is COc1ccc(NC(=O)CCn2c(C)cccc2=O)cc1C(=O)N(C)C. The number of methoxy groups -OCH3 is 1. The topological polar surface area (TPSA) is 80.6 Å². The summed E-state index contributed by atoms with van der Waals surface area (Å²) in [5.74, 6) is -0.0221. The molecule has 0 saturated carbocycles. The molecule has 1 N–H and O–H groups in total. The molecular weight excluding hydrogens is 334 g/mol. The molecule has 0 bridgehead atoms. The summed E-state index contributed by atoms with van der Waals surface area (Å²) in [4.78, 5) is 37.7. The first-order chi connectivity index (χ1) is 12.3. The van der Waals surface area contributed by atoms with Gasteiger partial charge in [-0.25, -0.2) is 0 Å². The van der Waals surface area contributed by atoms with Gasteiger partial charge in [0, 0.05) is 44.5 Å². The van der Waals surface area contributed by atoms with E-state index in [1.165, 1.54) is 18.1 Å². The van der Waals surface area contributed by atoms with Crippen LogP contribution in [0.25, 0.3) is 0 Å². The lowest BCUT2D eigenvalue weighted by atomic mass is 10.1. The maximum Gasteiger partial charge on any atom is 0.257 e. The van der Waals surface area contributed by atoms with Gasteiger partial charge in [0.2, 0.25) is 5.91 Å². The van der Waals surface area contributed by atoms with Crippen molar-refractivity contribution in [3.05, 3.63) is 58.0 Å². The van der Waals surface area contributed by atoms with Crippen LogP contribution < -0.4 is 15.6 Å². The van der Waals surface area contributed by atoms with Crippen molar-refractivity contribution < 1.29 is 14.3 Å². The average Bonchev–Trinajstić information content (AvgIpc) is 2.60. The molecule has 0 unspecified atom stereocenters. The monoisotopic (exact) mass is 357 g/mol. The molecule has 0 radical (unpaired) electrons. The lowest BCUT2D eigenvalue weighted by Gasteiger charge is -2.15. The van der Waals surface area contributed by atoms with Gasteiger partial charge in [0.15, 0.2) is 0 Å². The summed E-state index contributed by atoms with van der Waals surface area (Å²) in [6, 6.07) is 9.87. The number of aryl methyl sites for hydroxylation is 1. The van der Waals surface area contributed by atoms with Crippen molar-refractivity contribution in [2.45, 2.75) is 19.9 Å². The molecule has 0 saturated heterocycles. The Morgan fingerprint density at radius 1 is 1.19 bits per heavy atom. The Morgan fingerprint density at radius 2 is 1.92 bits per heavy atom. The molecule has 2 amide bonds. The zero-order valence-electron chi connectivity index (χ0n) is 15.4. The molecule has 0 aliphatic carbocycles. The first-order valence-electron chi connectivity index (χ1n) is 8.19. The fourth-order valence-corrected chi connectivity index (χ4v) is 2.54. The average molecular weight is 357 g/mol. The number of carbonyl (C=O) groups excluding carboxylic acids is 2. The number of benzene rings is 1. The molecule has 0 spiro atoms. The van der Waals surface area contributed by atoms with Gasteiger partial charge in [0.05, 0.1) is 12.7 Å². The van der Waals surface area contributed by atoms with Crippen LogP contribution in [0.15, 0.2) is 41.2 Å². The molecule has 0 atom stereocenters. The second-order valence-electron chi connectivity index (χ2n) is 6.07. The largest absolute Gasteiger partial charge is 0.496 e. The number of ether oxygens (including phenoxy) is 1. The maximum absolute atomic E-state index is 12.2. The minimum atomic E-state index is -0.242. The van der Waals surface area contributed by atoms with Crippen molar-refractivity contribution in [3.63, 3.8) is 0 Å². The van der Waals surface area contributed by atoms with Gasteiger partial charge < -0.3 is 19.5 Å². The molecule has 1 heterocycles. The number of nitrogens with one attached hydrogen (secondary N) is 1. The Bertz CT molecular complexity index is 871. The highest BCUT2D eigenvalue weighted by Gasteiger charge is 2.15. The molecule has 2 aromatic rings. The summed E-state index contributed by atoms with van der Waals surface area (Å²) < 4.78 is 6.76. The van der Waals surface area contributed by atoms with Crippen molar-refractivity contribution in [2.24, 2.45) is 0 Å². The summed E-state index contributed by atoms with van der Waals surface area (Å²) >= 11 is 0. The van der Waals surface area contributed by atoms with Crippen LogP contribution in [-0.2, 0) is 11.3 Å². The number of rotatable bonds is 6. The first-order valence-corrected chi connectivity index (χ1v) is 8.19. The normalized spacial score (nSPS) is 10.3. The van der Waals surface area contributed by atoms with Crippen LogP contribution in [0.2, 0.25) is 0 Å². The van der Waals surface area contributed by atoms with Crippen molar-refractivity contribution in [1.29, 1.82) is 0 Å². The summed E-state index contributed by atoms with van der Waals surface area (Å²) in [7, 11) is 4.78. The number of amides is 2. The van der Waals surface area contributed by atoms with E-state index < -0.39 is 0 Å². The molecule has 0 fully saturated rings. The van der Waals surface area contributed by atoms with E-state index in [1.54, 1.807) is 42.9 Å². The van der Waals surface area contributed by atoms with Crippen LogP contribution in [0.3, 0.4) is 0 Å². The van der Waals surface area contributed by atoms with Gasteiger partial charge >= 0.3 is 0 Å². The molecule has 138 valence electrons. The molecule has 1 aromatic heterocycles. The van der Waals surface area contributed by atoms with Gasteiger partial charge in [-0.05, 0) is 31.2 Å². The van der Waals surface area contributed by atoms with Gasteiger partial charge in [-0.1, -0.05) is 6.07 Å². The predicted octanol–water partition coefficient (Wildman–Crippen LogP) is 1.90. The van der Waals surface area contributed by atoms with Gasteiger partial charge in [-0.15, -0.1) is 0 Å². The molecule has 2 rings (SSSR count). The Kier molecular flexibility index (Phi) is 6.16. The third-order valence-electron chi connectivity index (χ3n) is 3.95. The maximum atomic E-state index is 12.2. The van der Waals surface area contributed by atoms with Gasteiger partial charge in [-0.2, -0.15) is 0 Å². The van der Waals surface area contributed by atoms with E-state index in [0.717, 1.165) is 5.69 Å². The number of anilines is 1. The Hall–Kier alpha value is -3.09. The predicted molar refractivity (Wildman–Crippen MR) is 99.7 cm³/mol. The van der Waals surface area contributed by atoms with Crippen molar-refractivity contribution >= 4 is 17.5 Å². The van der Waals surface area contributed by atoms with E-state index >= 15 is 0 Å². The van der Waals surface area contributed by atoms with E-state index in [1.807, 2.05) is 13.0 Å². The van der Waals surface area contributed by atoms with Crippen LogP contribution in [-0.4, -0.2) is 42.5 Å². The molecule has 7 heteroatoms. The van der Waals surface area contributed by atoms with Gasteiger partial charge in [0.1, 0.15) is 5.75 Å². The van der Waals surface area contributed by atoms with Crippen molar-refractivity contribution in [1.82, 2.24) is 9.47 Å². The van der Waals surface area contributed by atoms with Crippen LogP contribution in [0.4, 0.5) is 5.69 Å². The standard InChI is InChI=1S/C19H23N3O4/c1-13-6-5-7-18(24)22(13)11-10-17(23)20-14-8-9-16(26-4)15(12-14)19(25)21(2)3/h5-9,12H,10-11H2,1-4H3,(H,20,23). The van der Waals surface area contributed by atoms with Crippen molar-refractivity contribution in [3.8, 4) is 5.75 Å². The van der Waals surface area contributed by atoms with Crippen molar-refractivity contribution in [2.75, 3.05) is 26.5 Å². The Balaban J connectivity index is 2.10. The highest BCUT2D eigenvalue weighted by molar-refractivity contribution is 5.99. The highest BCUT2D eigenvalue weighted by atomic mass is 16.5. The fourth-order valence-electron chi connectivity index (χ4n) is 2.54. The molecule has 1 aromatic carbocycles. The number of carbonyl (C=O) groups is 2. The fraction of sp³-hybridized carbons (Fsp3) is 0.316. The van der Waals surface area contributed by atoms with E-state index in [2.05, 4.69) is 5.32 Å². The summed E-state index contributed by atoms with van der Waals surface area (Å²) in [5.41, 5.74) is 1.53. The third-order valence-corrected chi connectivity index (χ3v) is 3.95. The van der Waals surface area contributed by atoms with Gasteiger partial charge in [-0.3, -0.25) is 14.4 Å². The van der Waals surface area contributed by atoms with E-state index in [4.69, 9.17) is 4.74 Å². The zero-order chi connectivity index (χ0) is 19.3. The molecular formula is C19H23N3O4. The van der Waals surface area contributed by atoms with Gasteiger partial charge in [0.25, 0.3) is 11.5 Å². The molecule has 26 heavy (non-hydrogen) atoms. The number of aromatic nitrogens is 1. The van der Waals surface area contributed by atoms with E-state index in [-0.39, 0.29) is 30.3 Å². The zero-order valence-corrected chi connectivity index (χ0v) is 15.4. The van der Waals surface area contributed by atoms with Crippen LogP contribution in [0.1, 0.15) is 22.5 Å². The van der Waals surface area contributed by atoms with Crippen LogP contribution in [0, 0.1) is 6.92 Å². The number of nitrogens with zero attached hydrogens (tertiary/aromatic N) is 2. The van der Waals surface area contributed by atoms with E-state index in [0.29, 0.717) is 17.0 Å². The second-order valence-corrected chi connectivity index (χ2v) is 6.07. The Labute approximate surface area is 152 Å². The quantitative estimate of drug-likeness (QED) is 0.856. The summed E-state index contributed by atoms with van der Waals surface area (Å²) in [6.45, 7) is 2.11. The van der Waals surface area contributed by atoms with Crippen LogP contribution >= 0.6 is 0 Å². The minimum Gasteiger partial charge on any atom is -0.496 e.